The maximum atomic E-state index is 12.8. The van der Waals surface area contributed by atoms with Gasteiger partial charge in [-0.15, -0.1) is 0 Å². The van der Waals surface area contributed by atoms with Crippen LogP contribution in [0, 0.1) is 6.92 Å². The first-order valence-corrected chi connectivity index (χ1v) is 10.1. The van der Waals surface area contributed by atoms with Crippen molar-refractivity contribution in [1.29, 1.82) is 0 Å². The number of hydrogen-bond donors (Lipinski definition) is 2. The van der Waals surface area contributed by atoms with E-state index in [0.717, 1.165) is 16.5 Å². The van der Waals surface area contributed by atoms with Crippen LogP contribution in [-0.2, 0) is 14.1 Å². The highest BCUT2D eigenvalue weighted by atomic mass is 16.2. The lowest BCUT2D eigenvalue weighted by molar-refractivity contribution is 0.101. The van der Waals surface area contributed by atoms with Crippen molar-refractivity contribution in [3.05, 3.63) is 77.9 Å². The van der Waals surface area contributed by atoms with Gasteiger partial charge in [0, 0.05) is 43.3 Å². The first kappa shape index (κ1) is 19.6. The number of carbonyl (C=O) groups excluding carboxylic acids is 2. The monoisotopic (exact) mass is 427 g/mol. The highest BCUT2D eigenvalue weighted by Crippen LogP contribution is 2.23. The van der Waals surface area contributed by atoms with Crippen molar-refractivity contribution in [1.82, 2.24) is 24.0 Å². The zero-order chi connectivity index (χ0) is 22.4. The van der Waals surface area contributed by atoms with Gasteiger partial charge in [-0.25, -0.2) is 4.52 Å². The van der Waals surface area contributed by atoms with E-state index in [1.807, 2.05) is 62.1 Å². The van der Waals surface area contributed by atoms with Crippen LogP contribution >= 0.6 is 0 Å². The minimum Gasteiger partial charge on any atom is -0.334 e. The average Bonchev–Trinajstić information content (AvgIpc) is 3.45. The van der Waals surface area contributed by atoms with Crippen molar-refractivity contribution >= 4 is 39.7 Å². The van der Waals surface area contributed by atoms with Gasteiger partial charge < -0.3 is 15.2 Å². The molecule has 5 aromatic rings. The van der Waals surface area contributed by atoms with Crippen molar-refractivity contribution in [2.75, 3.05) is 10.6 Å². The number of aromatic nitrogens is 5. The third kappa shape index (κ3) is 3.20. The van der Waals surface area contributed by atoms with Crippen LogP contribution in [-0.4, -0.2) is 35.8 Å². The number of aryl methyl sites for hydroxylation is 3. The summed E-state index contributed by atoms with van der Waals surface area (Å²) in [6.07, 6.45) is 5.18. The molecule has 0 saturated heterocycles. The smallest absolute Gasteiger partial charge is 0.276 e. The van der Waals surface area contributed by atoms with Gasteiger partial charge in [0.05, 0.1) is 11.7 Å². The van der Waals surface area contributed by atoms with E-state index < -0.39 is 0 Å². The molecule has 0 aliphatic rings. The quantitative estimate of drug-likeness (QED) is 0.459. The molecule has 0 spiro atoms. The second-order valence-corrected chi connectivity index (χ2v) is 7.66. The Morgan fingerprint density at radius 1 is 0.969 bits per heavy atom. The largest absolute Gasteiger partial charge is 0.334 e. The maximum Gasteiger partial charge on any atom is 0.276 e. The molecule has 0 bridgehead atoms. The van der Waals surface area contributed by atoms with Crippen molar-refractivity contribution < 1.29 is 9.59 Å². The number of amides is 2. The van der Waals surface area contributed by atoms with E-state index in [2.05, 4.69) is 20.8 Å². The SMILES string of the molecule is Cc1cc(NC(=O)c2nn(C)c3ccccc23)ccc1NC(=O)c1cnn2ccn(C)c12. The highest BCUT2D eigenvalue weighted by Gasteiger charge is 2.18. The molecule has 32 heavy (non-hydrogen) atoms. The number of hydrogen-bond acceptors (Lipinski definition) is 4. The molecule has 3 heterocycles. The minimum atomic E-state index is -0.288. The molecule has 3 aromatic heterocycles. The molecule has 0 atom stereocenters. The predicted octanol–water partition coefficient (Wildman–Crippen LogP) is 3.37. The molecular formula is C23H21N7O2. The van der Waals surface area contributed by atoms with Gasteiger partial charge in [0.15, 0.2) is 5.69 Å². The topological polar surface area (TPSA) is 98.2 Å². The third-order valence-electron chi connectivity index (χ3n) is 5.48. The minimum absolute atomic E-state index is 0.248. The lowest BCUT2D eigenvalue weighted by Crippen LogP contribution is -2.15. The van der Waals surface area contributed by atoms with E-state index in [4.69, 9.17) is 0 Å². The van der Waals surface area contributed by atoms with E-state index in [-0.39, 0.29) is 11.8 Å². The second-order valence-electron chi connectivity index (χ2n) is 7.66. The van der Waals surface area contributed by atoms with Gasteiger partial charge >= 0.3 is 0 Å². The van der Waals surface area contributed by atoms with Crippen LogP contribution in [0.3, 0.4) is 0 Å². The van der Waals surface area contributed by atoms with Crippen LogP contribution < -0.4 is 10.6 Å². The lowest BCUT2D eigenvalue weighted by Gasteiger charge is -2.11. The predicted molar refractivity (Wildman–Crippen MR) is 122 cm³/mol. The number of fused-ring (bicyclic) bond motifs is 2. The number of nitrogens with one attached hydrogen (secondary N) is 2. The Morgan fingerprint density at radius 3 is 2.59 bits per heavy atom. The summed E-state index contributed by atoms with van der Waals surface area (Å²) in [5.74, 6) is -0.536. The summed E-state index contributed by atoms with van der Waals surface area (Å²) in [6.45, 7) is 1.87. The summed E-state index contributed by atoms with van der Waals surface area (Å²) >= 11 is 0. The van der Waals surface area contributed by atoms with Crippen molar-refractivity contribution in [3.63, 3.8) is 0 Å². The van der Waals surface area contributed by atoms with Gasteiger partial charge in [-0.2, -0.15) is 10.2 Å². The summed E-state index contributed by atoms with van der Waals surface area (Å²) in [6, 6.07) is 12.9. The molecule has 0 unspecified atom stereocenters. The van der Waals surface area contributed by atoms with Gasteiger partial charge in [0.2, 0.25) is 0 Å². The van der Waals surface area contributed by atoms with E-state index in [0.29, 0.717) is 28.3 Å². The summed E-state index contributed by atoms with van der Waals surface area (Å²) in [7, 11) is 3.67. The Morgan fingerprint density at radius 2 is 1.78 bits per heavy atom. The first-order chi connectivity index (χ1) is 15.4. The molecule has 2 N–H and O–H groups in total. The number of para-hydroxylation sites is 1. The maximum absolute atomic E-state index is 12.8. The average molecular weight is 427 g/mol. The fraction of sp³-hybridized carbons (Fsp3) is 0.130. The zero-order valence-corrected chi connectivity index (χ0v) is 17.8. The van der Waals surface area contributed by atoms with Crippen LogP contribution in [0.2, 0.25) is 0 Å². The Labute approximate surface area is 183 Å². The molecule has 2 aromatic carbocycles. The highest BCUT2D eigenvalue weighted by molar-refractivity contribution is 6.11. The number of carbonyl (C=O) groups is 2. The fourth-order valence-corrected chi connectivity index (χ4v) is 3.85. The molecule has 9 heteroatoms. The standard InChI is InChI=1S/C23H21N7O2/c1-14-12-15(25-22(32)20-16-6-4-5-7-19(16)29(3)27-20)8-9-18(14)26-21(31)17-13-24-30-11-10-28(2)23(17)30/h4-13H,1-3H3,(H,25,32)(H,26,31). The van der Waals surface area contributed by atoms with Crippen LogP contribution in [0.25, 0.3) is 16.6 Å². The molecule has 0 aliphatic carbocycles. The normalized spacial score (nSPS) is 11.2. The van der Waals surface area contributed by atoms with E-state index in [1.54, 1.807) is 33.7 Å². The molecule has 160 valence electrons. The summed E-state index contributed by atoms with van der Waals surface area (Å²) in [5.41, 5.74) is 4.55. The van der Waals surface area contributed by atoms with Crippen LogP contribution in [0.4, 0.5) is 11.4 Å². The Balaban J connectivity index is 1.35. The summed E-state index contributed by atoms with van der Waals surface area (Å²) in [4.78, 5) is 25.6. The summed E-state index contributed by atoms with van der Waals surface area (Å²) in [5, 5.41) is 15.2. The molecular weight excluding hydrogens is 406 g/mol. The van der Waals surface area contributed by atoms with Crippen molar-refractivity contribution in [2.24, 2.45) is 14.1 Å². The number of benzene rings is 2. The first-order valence-electron chi connectivity index (χ1n) is 10.1. The number of nitrogens with zero attached hydrogens (tertiary/aromatic N) is 5. The van der Waals surface area contributed by atoms with Gasteiger partial charge in [0.25, 0.3) is 11.8 Å². The Hall–Kier alpha value is -4.40. The van der Waals surface area contributed by atoms with E-state index >= 15 is 0 Å². The van der Waals surface area contributed by atoms with Crippen LogP contribution in [0.5, 0.6) is 0 Å². The number of anilines is 2. The Bertz CT molecular complexity index is 1510. The van der Waals surface area contributed by atoms with Crippen LogP contribution in [0.1, 0.15) is 26.4 Å². The third-order valence-corrected chi connectivity index (χ3v) is 5.48. The van der Waals surface area contributed by atoms with Crippen LogP contribution in [0.15, 0.2) is 61.1 Å². The summed E-state index contributed by atoms with van der Waals surface area (Å²) < 4.78 is 5.19. The second kappa shape index (κ2) is 7.38. The van der Waals surface area contributed by atoms with Gasteiger partial charge in [-0.3, -0.25) is 14.3 Å². The molecule has 5 rings (SSSR count). The number of imidazole rings is 1. The van der Waals surface area contributed by atoms with E-state index in [1.165, 1.54) is 0 Å². The molecule has 2 amide bonds. The molecule has 0 fully saturated rings. The van der Waals surface area contributed by atoms with Crippen molar-refractivity contribution in [3.8, 4) is 0 Å². The lowest BCUT2D eigenvalue weighted by atomic mass is 10.1. The van der Waals surface area contributed by atoms with Crippen molar-refractivity contribution in [2.45, 2.75) is 6.92 Å². The molecule has 0 saturated carbocycles. The van der Waals surface area contributed by atoms with Gasteiger partial charge in [-0.05, 0) is 36.8 Å². The fourth-order valence-electron chi connectivity index (χ4n) is 3.85. The number of rotatable bonds is 4. The zero-order valence-electron chi connectivity index (χ0n) is 17.8. The Kier molecular flexibility index (Phi) is 4.51. The van der Waals surface area contributed by atoms with Gasteiger partial charge in [0.1, 0.15) is 11.2 Å². The van der Waals surface area contributed by atoms with Gasteiger partial charge in [-0.1, -0.05) is 18.2 Å². The molecule has 0 aliphatic heterocycles. The van der Waals surface area contributed by atoms with E-state index in [9.17, 15) is 9.59 Å². The molecule has 9 nitrogen and oxygen atoms in total. The molecule has 0 radical (unpaired) electrons.